The zero-order chi connectivity index (χ0) is 12.7. The van der Waals surface area contributed by atoms with Gasteiger partial charge in [-0.05, 0) is 19.9 Å². The fraction of sp³-hybridized carbons (Fsp3) is 0.667. The largest absolute Gasteiger partial charge is 0.354 e. The molecule has 5 heteroatoms. The van der Waals surface area contributed by atoms with E-state index < -0.39 is 0 Å². The Morgan fingerprint density at radius 1 is 1.65 bits per heavy atom. The minimum absolute atomic E-state index is 0.0896. The van der Waals surface area contributed by atoms with E-state index in [1.165, 1.54) is 0 Å². The highest BCUT2D eigenvalue weighted by Crippen LogP contribution is 2.01. The number of carbonyl (C=O) groups is 1. The number of nitrogens with zero attached hydrogens (tertiary/aromatic N) is 2. The molecule has 0 aliphatic heterocycles. The van der Waals surface area contributed by atoms with Gasteiger partial charge in [-0.3, -0.25) is 4.79 Å². The zero-order valence-corrected chi connectivity index (χ0v) is 10.6. The smallest absolute Gasteiger partial charge is 0.221 e. The number of hydrogen-bond donors (Lipinski definition) is 2. The number of aryl methyl sites for hydroxylation is 1. The van der Waals surface area contributed by atoms with Crippen molar-refractivity contribution in [3.8, 4) is 0 Å². The van der Waals surface area contributed by atoms with Gasteiger partial charge in [0.25, 0.3) is 0 Å². The fourth-order valence-electron chi connectivity index (χ4n) is 1.58. The van der Waals surface area contributed by atoms with Gasteiger partial charge in [-0.25, -0.2) is 4.98 Å². The zero-order valence-electron chi connectivity index (χ0n) is 10.6. The number of rotatable bonds is 7. The van der Waals surface area contributed by atoms with Crippen LogP contribution in [0.5, 0.6) is 0 Å². The summed E-state index contributed by atoms with van der Waals surface area (Å²) in [6.45, 7) is 5.33. The summed E-state index contributed by atoms with van der Waals surface area (Å²) in [5, 5.41) is 2.95. The number of amides is 1. The lowest BCUT2D eigenvalue weighted by molar-refractivity contribution is -0.121. The summed E-state index contributed by atoms with van der Waals surface area (Å²) in [4.78, 5) is 15.7. The lowest BCUT2D eigenvalue weighted by Crippen LogP contribution is -2.32. The van der Waals surface area contributed by atoms with E-state index in [-0.39, 0.29) is 11.9 Å². The van der Waals surface area contributed by atoms with Gasteiger partial charge in [0.2, 0.25) is 5.91 Å². The SMILES string of the molecule is CCC(C)NC(=O)CCn1cncc1CCN. The second-order valence-electron chi connectivity index (χ2n) is 4.24. The van der Waals surface area contributed by atoms with Gasteiger partial charge in [-0.2, -0.15) is 0 Å². The van der Waals surface area contributed by atoms with Crippen LogP contribution in [-0.2, 0) is 17.8 Å². The van der Waals surface area contributed by atoms with E-state index in [1.807, 2.05) is 11.5 Å². The Kier molecular flexibility index (Phi) is 5.69. The highest BCUT2D eigenvalue weighted by Gasteiger charge is 2.07. The summed E-state index contributed by atoms with van der Waals surface area (Å²) in [6, 6.07) is 0.244. The van der Waals surface area contributed by atoms with Gasteiger partial charge in [0, 0.05) is 37.3 Å². The maximum Gasteiger partial charge on any atom is 0.221 e. The minimum Gasteiger partial charge on any atom is -0.354 e. The number of imidazole rings is 1. The molecule has 1 aromatic heterocycles. The molecule has 0 radical (unpaired) electrons. The Morgan fingerprint density at radius 2 is 2.41 bits per heavy atom. The first-order valence-corrected chi connectivity index (χ1v) is 6.15. The van der Waals surface area contributed by atoms with E-state index in [9.17, 15) is 4.79 Å². The molecule has 1 atom stereocenters. The Balaban J connectivity index is 2.39. The third-order valence-electron chi connectivity index (χ3n) is 2.80. The quantitative estimate of drug-likeness (QED) is 0.734. The van der Waals surface area contributed by atoms with Gasteiger partial charge >= 0.3 is 0 Å². The molecule has 1 amide bonds. The average molecular weight is 238 g/mol. The predicted molar refractivity (Wildman–Crippen MR) is 67.5 cm³/mol. The number of carbonyl (C=O) groups excluding carboxylic acids is 1. The number of aromatic nitrogens is 2. The van der Waals surface area contributed by atoms with E-state index in [4.69, 9.17) is 5.73 Å². The van der Waals surface area contributed by atoms with Crippen molar-refractivity contribution in [2.75, 3.05) is 6.54 Å². The third kappa shape index (κ3) is 4.56. The molecule has 1 heterocycles. The number of hydrogen-bond acceptors (Lipinski definition) is 3. The van der Waals surface area contributed by atoms with Gasteiger partial charge in [-0.1, -0.05) is 6.92 Å². The van der Waals surface area contributed by atoms with Crippen LogP contribution in [0.3, 0.4) is 0 Å². The van der Waals surface area contributed by atoms with Crippen LogP contribution < -0.4 is 11.1 Å². The van der Waals surface area contributed by atoms with Gasteiger partial charge < -0.3 is 15.6 Å². The molecule has 0 saturated heterocycles. The fourth-order valence-corrected chi connectivity index (χ4v) is 1.58. The highest BCUT2D eigenvalue weighted by atomic mass is 16.1. The molecule has 17 heavy (non-hydrogen) atoms. The first-order chi connectivity index (χ1) is 8.17. The van der Waals surface area contributed by atoms with Gasteiger partial charge in [-0.15, -0.1) is 0 Å². The Labute approximate surface area is 102 Å². The van der Waals surface area contributed by atoms with E-state index in [0.717, 1.165) is 18.5 Å². The van der Waals surface area contributed by atoms with Crippen LogP contribution in [0.25, 0.3) is 0 Å². The molecule has 0 fully saturated rings. The van der Waals surface area contributed by atoms with E-state index >= 15 is 0 Å². The van der Waals surface area contributed by atoms with Crippen molar-refractivity contribution in [2.24, 2.45) is 5.73 Å². The van der Waals surface area contributed by atoms with E-state index in [0.29, 0.717) is 19.5 Å². The van der Waals surface area contributed by atoms with Crippen molar-refractivity contribution in [1.82, 2.24) is 14.9 Å². The van der Waals surface area contributed by atoms with Crippen LogP contribution in [0.1, 0.15) is 32.4 Å². The molecule has 0 saturated carbocycles. The van der Waals surface area contributed by atoms with Crippen molar-refractivity contribution in [3.63, 3.8) is 0 Å². The van der Waals surface area contributed by atoms with Crippen molar-refractivity contribution < 1.29 is 4.79 Å². The van der Waals surface area contributed by atoms with Crippen LogP contribution in [0.2, 0.25) is 0 Å². The van der Waals surface area contributed by atoms with E-state index in [1.54, 1.807) is 12.5 Å². The van der Waals surface area contributed by atoms with Crippen LogP contribution in [0.4, 0.5) is 0 Å². The standard InChI is InChI=1S/C12H22N4O/c1-3-10(2)15-12(17)5-7-16-9-14-8-11(16)4-6-13/h8-10H,3-7,13H2,1-2H3,(H,15,17). The molecule has 1 aromatic rings. The van der Waals surface area contributed by atoms with E-state index in [2.05, 4.69) is 17.2 Å². The minimum atomic E-state index is 0.0896. The average Bonchev–Trinajstić information content (AvgIpc) is 2.74. The molecule has 1 rings (SSSR count). The van der Waals surface area contributed by atoms with Crippen LogP contribution >= 0.6 is 0 Å². The number of nitrogens with one attached hydrogen (secondary N) is 1. The van der Waals surface area contributed by atoms with Gasteiger partial charge in [0.1, 0.15) is 0 Å². The van der Waals surface area contributed by atoms with Crippen molar-refractivity contribution in [3.05, 3.63) is 18.2 Å². The summed E-state index contributed by atoms with van der Waals surface area (Å²) >= 11 is 0. The van der Waals surface area contributed by atoms with Crippen LogP contribution in [0.15, 0.2) is 12.5 Å². The molecular formula is C12H22N4O. The molecule has 0 bridgehead atoms. The maximum absolute atomic E-state index is 11.6. The second kappa shape index (κ2) is 7.06. The molecule has 96 valence electrons. The van der Waals surface area contributed by atoms with Crippen LogP contribution in [-0.4, -0.2) is 28.0 Å². The summed E-state index contributed by atoms with van der Waals surface area (Å²) in [6.07, 6.45) is 5.79. The maximum atomic E-state index is 11.6. The molecule has 5 nitrogen and oxygen atoms in total. The molecule has 0 aromatic carbocycles. The summed E-state index contributed by atoms with van der Waals surface area (Å²) in [5.41, 5.74) is 6.59. The molecule has 0 aliphatic rings. The summed E-state index contributed by atoms with van der Waals surface area (Å²) in [5.74, 6) is 0.0896. The Bertz CT molecular complexity index is 348. The monoisotopic (exact) mass is 238 g/mol. The molecule has 3 N–H and O–H groups in total. The second-order valence-corrected chi connectivity index (χ2v) is 4.24. The topological polar surface area (TPSA) is 72.9 Å². The van der Waals surface area contributed by atoms with Gasteiger partial charge in [0.05, 0.1) is 6.33 Å². The Hall–Kier alpha value is -1.36. The van der Waals surface area contributed by atoms with Gasteiger partial charge in [0.15, 0.2) is 0 Å². The highest BCUT2D eigenvalue weighted by molar-refractivity contribution is 5.76. The lowest BCUT2D eigenvalue weighted by atomic mass is 10.2. The number of nitrogens with two attached hydrogens (primary N) is 1. The predicted octanol–water partition coefficient (Wildman–Crippen LogP) is 0.689. The first kappa shape index (κ1) is 13.7. The molecule has 0 spiro atoms. The van der Waals surface area contributed by atoms with Crippen molar-refractivity contribution in [1.29, 1.82) is 0 Å². The molecular weight excluding hydrogens is 216 g/mol. The summed E-state index contributed by atoms with van der Waals surface area (Å²) < 4.78 is 1.99. The molecule has 0 aliphatic carbocycles. The normalized spacial score (nSPS) is 12.4. The summed E-state index contributed by atoms with van der Waals surface area (Å²) in [7, 11) is 0. The van der Waals surface area contributed by atoms with Crippen molar-refractivity contribution in [2.45, 2.75) is 45.7 Å². The first-order valence-electron chi connectivity index (χ1n) is 6.15. The molecule has 1 unspecified atom stereocenters. The van der Waals surface area contributed by atoms with Crippen LogP contribution in [0, 0.1) is 0 Å². The Morgan fingerprint density at radius 3 is 3.06 bits per heavy atom. The van der Waals surface area contributed by atoms with Crippen molar-refractivity contribution >= 4 is 5.91 Å². The third-order valence-corrected chi connectivity index (χ3v) is 2.80. The lowest BCUT2D eigenvalue weighted by Gasteiger charge is -2.12.